The Morgan fingerprint density at radius 1 is 1.33 bits per heavy atom. The van der Waals surface area contributed by atoms with E-state index in [1.165, 1.54) is 0 Å². The Bertz CT molecular complexity index is 853. The molecule has 4 aliphatic carbocycles. The van der Waals surface area contributed by atoms with E-state index < -0.39 is 22.2 Å². The largest absolute Gasteiger partial charge is 0.481 e. The van der Waals surface area contributed by atoms with Crippen LogP contribution in [0.5, 0.6) is 0 Å². The molecule has 1 N–H and O–H groups in total. The van der Waals surface area contributed by atoms with Crippen molar-refractivity contribution in [2.24, 2.45) is 51.8 Å². The van der Waals surface area contributed by atoms with Crippen LogP contribution in [0.4, 0.5) is 0 Å². The summed E-state index contributed by atoms with van der Waals surface area (Å²) in [7, 11) is 0. The van der Waals surface area contributed by atoms with E-state index in [0.717, 1.165) is 61.2 Å². The molecule has 0 spiro atoms. The van der Waals surface area contributed by atoms with Crippen LogP contribution in [-0.2, 0) is 14.3 Å². The van der Waals surface area contributed by atoms with E-state index in [1.807, 2.05) is 0 Å². The van der Waals surface area contributed by atoms with Gasteiger partial charge in [-0.3, -0.25) is 4.79 Å². The average Bonchev–Trinajstić information content (AvgIpc) is 3.50. The van der Waals surface area contributed by atoms with Gasteiger partial charge >= 0.3 is 5.97 Å². The van der Waals surface area contributed by atoms with Gasteiger partial charge in [0.2, 0.25) is 0 Å². The zero-order chi connectivity index (χ0) is 23.8. The molecule has 1 saturated heterocycles. The number of carboxylic acids is 1. The molecule has 0 aromatic rings. The van der Waals surface area contributed by atoms with Crippen molar-refractivity contribution in [1.29, 1.82) is 0 Å². The molecular formula is C28H41IO4. The van der Waals surface area contributed by atoms with E-state index in [1.54, 1.807) is 0 Å². The molecule has 0 radical (unpaired) electrons. The highest BCUT2D eigenvalue weighted by atomic mass is 127. The number of ether oxygens (including phenoxy) is 1. The average molecular weight is 569 g/mol. The van der Waals surface area contributed by atoms with Crippen molar-refractivity contribution in [2.45, 2.75) is 91.3 Å². The SMILES string of the molecule is CCCCC1CC(CI)OC1C12C[C@@H]3[C@H](C)CC[C@H]3C3(C=O)CC1C=C(C(C)C)C23C(=O)O. The number of carboxylic acid groups (broad SMARTS) is 1. The third kappa shape index (κ3) is 2.78. The minimum atomic E-state index is -1.11. The lowest BCUT2D eigenvalue weighted by Gasteiger charge is -2.60. The Kier molecular flexibility index (Phi) is 6.12. The number of hydrogen-bond donors (Lipinski definition) is 1. The highest BCUT2D eigenvalue weighted by molar-refractivity contribution is 14.1. The van der Waals surface area contributed by atoms with E-state index in [-0.39, 0.29) is 30.0 Å². The fourth-order valence-corrected chi connectivity index (χ4v) is 10.6. The molecule has 5 rings (SSSR count). The van der Waals surface area contributed by atoms with E-state index in [9.17, 15) is 14.7 Å². The Labute approximate surface area is 212 Å². The molecule has 3 saturated carbocycles. The fraction of sp³-hybridized carbons (Fsp3) is 0.857. The number of unbranched alkanes of at least 4 members (excludes halogenated alkanes) is 1. The molecule has 4 bridgehead atoms. The molecule has 5 aliphatic rings. The number of carbonyl (C=O) groups is 2. The summed E-state index contributed by atoms with van der Waals surface area (Å²) in [5.41, 5.74) is -1.35. The maximum absolute atomic E-state index is 13.7. The maximum Gasteiger partial charge on any atom is 0.315 e. The topological polar surface area (TPSA) is 63.6 Å². The van der Waals surface area contributed by atoms with Gasteiger partial charge in [0.05, 0.1) is 17.6 Å². The quantitative estimate of drug-likeness (QED) is 0.161. The molecule has 10 atom stereocenters. The first kappa shape index (κ1) is 24.3. The van der Waals surface area contributed by atoms with Crippen LogP contribution in [0.3, 0.4) is 0 Å². The summed E-state index contributed by atoms with van der Waals surface area (Å²) < 4.78 is 7.87. The van der Waals surface area contributed by atoms with Crippen molar-refractivity contribution in [2.75, 3.05) is 4.43 Å². The summed E-state index contributed by atoms with van der Waals surface area (Å²) >= 11 is 2.43. The van der Waals surface area contributed by atoms with Gasteiger partial charge in [-0.25, -0.2) is 0 Å². The zero-order valence-corrected chi connectivity index (χ0v) is 22.8. The van der Waals surface area contributed by atoms with Gasteiger partial charge < -0.3 is 14.6 Å². The van der Waals surface area contributed by atoms with E-state index in [2.05, 4.69) is 56.4 Å². The zero-order valence-electron chi connectivity index (χ0n) is 20.7. The van der Waals surface area contributed by atoms with Crippen LogP contribution >= 0.6 is 22.6 Å². The summed E-state index contributed by atoms with van der Waals surface area (Å²) in [4.78, 5) is 27.0. The number of halogens is 1. The second-order valence-corrected chi connectivity index (χ2v) is 13.2. The molecule has 184 valence electrons. The first-order chi connectivity index (χ1) is 15.7. The van der Waals surface area contributed by atoms with Crippen molar-refractivity contribution in [3.05, 3.63) is 11.6 Å². The molecule has 4 nitrogen and oxygen atoms in total. The van der Waals surface area contributed by atoms with Crippen molar-refractivity contribution in [3.8, 4) is 0 Å². The van der Waals surface area contributed by atoms with Gasteiger partial charge in [-0.1, -0.05) is 81.2 Å². The minimum absolute atomic E-state index is 0.0620. The molecule has 4 fully saturated rings. The first-order valence-electron chi connectivity index (χ1n) is 13.4. The van der Waals surface area contributed by atoms with Crippen LogP contribution in [0, 0.1) is 51.8 Å². The van der Waals surface area contributed by atoms with Gasteiger partial charge in [-0.2, -0.15) is 0 Å². The van der Waals surface area contributed by atoms with E-state index in [0.29, 0.717) is 24.2 Å². The second-order valence-electron chi connectivity index (χ2n) is 12.3. The number of allylic oxidation sites excluding steroid dienone is 1. The predicted octanol–water partition coefficient (Wildman–Crippen LogP) is 6.31. The number of fused-ring (bicyclic) bond motifs is 2. The smallest absolute Gasteiger partial charge is 0.315 e. The standard InChI is InChI=1S/C28H41IO4/c1-5-6-7-18-10-20(14-29)33-24(18)27-13-21-17(4)8-9-22(21)26(15-30)12-19(27)11-23(16(2)3)28(26,27)25(31)32/h11,15-22,24H,5-10,12-14H2,1-4H3,(H,31,32)/t17-,18?,19?,20?,21-,22-,24?,26?,27?,28?/m1/s1. The fourth-order valence-electron chi connectivity index (χ4n) is 10.00. The van der Waals surface area contributed by atoms with Gasteiger partial charge in [0, 0.05) is 9.84 Å². The summed E-state index contributed by atoms with van der Waals surface area (Å²) in [6, 6.07) is 0. The van der Waals surface area contributed by atoms with Crippen molar-refractivity contribution >= 4 is 34.8 Å². The third-order valence-corrected chi connectivity index (χ3v) is 11.9. The van der Waals surface area contributed by atoms with Gasteiger partial charge in [-0.05, 0) is 67.6 Å². The van der Waals surface area contributed by atoms with Gasteiger partial charge in [0.25, 0.3) is 0 Å². The third-order valence-electron chi connectivity index (χ3n) is 10.9. The maximum atomic E-state index is 13.7. The summed E-state index contributed by atoms with van der Waals surface area (Å²) in [6.07, 6.45) is 11.8. The summed E-state index contributed by atoms with van der Waals surface area (Å²) in [5.74, 6) is 1.08. The van der Waals surface area contributed by atoms with Gasteiger partial charge in [0.1, 0.15) is 11.7 Å². The Morgan fingerprint density at radius 3 is 2.70 bits per heavy atom. The lowest BCUT2D eigenvalue weighted by Crippen LogP contribution is -2.66. The summed E-state index contributed by atoms with van der Waals surface area (Å²) in [5, 5.41) is 11.3. The van der Waals surface area contributed by atoms with E-state index >= 15 is 0 Å². The van der Waals surface area contributed by atoms with Crippen molar-refractivity contribution < 1.29 is 19.4 Å². The number of carbonyl (C=O) groups excluding carboxylic acids is 1. The number of rotatable bonds is 8. The number of hydrogen-bond acceptors (Lipinski definition) is 3. The Balaban J connectivity index is 1.74. The van der Waals surface area contributed by atoms with Crippen molar-refractivity contribution in [1.82, 2.24) is 0 Å². The highest BCUT2D eigenvalue weighted by Gasteiger charge is 2.86. The molecule has 1 aliphatic heterocycles. The van der Waals surface area contributed by atoms with Crippen molar-refractivity contribution in [3.63, 3.8) is 0 Å². The molecule has 1 heterocycles. The molecule has 0 amide bonds. The normalized spacial score (nSPS) is 50.0. The molecule has 0 aromatic heterocycles. The lowest BCUT2D eigenvalue weighted by atomic mass is 9.41. The Hall–Kier alpha value is -0.430. The molecule has 0 aromatic carbocycles. The van der Waals surface area contributed by atoms with E-state index in [4.69, 9.17) is 4.74 Å². The predicted molar refractivity (Wildman–Crippen MR) is 137 cm³/mol. The lowest BCUT2D eigenvalue weighted by molar-refractivity contribution is -0.200. The Morgan fingerprint density at radius 2 is 2.09 bits per heavy atom. The van der Waals surface area contributed by atoms with Crippen LogP contribution in [0.2, 0.25) is 0 Å². The van der Waals surface area contributed by atoms with Crippen LogP contribution in [-0.4, -0.2) is 34.0 Å². The number of aldehydes is 1. The number of aliphatic carboxylic acids is 1. The van der Waals surface area contributed by atoms with Crippen LogP contribution in [0.15, 0.2) is 11.6 Å². The minimum Gasteiger partial charge on any atom is -0.481 e. The second kappa shape index (κ2) is 8.31. The molecule has 5 heteroatoms. The first-order valence-corrected chi connectivity index (χ1v) is 14.9. The molecule has 33 heavy (non-hydrogen) atoms. The van der Waals surface area contributed by atoms with Gasteiger partial charge in [0.15, 0.2) is 0 Å². The molecular weight excluding hydrogens is 527 g/mol. The number of alkyl halides is 1. The van der Waals surface area contributed by atoms with Crippen LogP contribution in [0.25, 0.3) is 0 Å². The van der Waals surface area contributed by atoms with Gasteiger partial charge in [-0.15, -0.1) is 0 Å². The summed E-state index contributed by atoms with van der Waals surface area (Å²) in [6.45, 7) is 8.83. The monoisotopic (exact) mass is 568 g/mol. The van der Waals surface area contributed by atoms with Crippen LogP contribution < -0.4 is 0 Å². The highest BCUT2D eigenvalue weighted by Crippen LogP contribution is 2.84. The molecule has 7 unspecified atom stereocenters. The van der Waals surface area contributed by atoms with Crippen LogP contribution in [0.1, 0.15) is 79.1 Å².